The van der Waals surface area contributed by atoms with Gasteiger partial charge < -0.3 is 9.74 Å². The van der Waals surface area contributed by atoms with Crippen molar-refractivity contribution in [2.75, 3.05) is 24.7 Å². The minimum absolute atomic E-state index is 0.0164. The molecule has 1 aliphatic heterocycles. The molecule has 2 unspecified atom stereocenters. The molecule has 2 fully saturated rings. The fourth-order valence-electron chi connectivity index (χ4n) is 4.86. The highest BCUT2D eigenvalue weighted by Crippen LogP contribution is 2.48. The number of hydrogen-bond acceptors (Lipinski definition) is 8. The van der Waals surface area contributed by atoms with Crippen molar-refractivity contribution in [2.24, 2.45) is 0 Å². The molecular formula is C25H37F4N5O3S2Si. The predicted octanol–water partition coefficient (Wildman–Crippen LogP) is 6.25. The third-order valence-electron chi connectivity index (χ3n) is 8.15. The lowest BCUT2D eigenvalue weighted by molar-refractivity contribution is -0.140. The van der Waals surface area contributed by atoms with Crippen molar-refractivity contribution >= 4 is 35.6 Å². The first-order valence-electron chi connectivity index (χ1n) is 13.4. The molecule has 2 aromatic heterocycles. The van der Waals surface area contributed by atoms with Crippen molar-refractivity contribution < 1.29 is 30.4 Å². The second-order valence-corrected chi connectivity index (χ2v) is 19.9. The molecule has 0 spiro atoms. The fourth-order valence-corrected chi connectivity index (χ4v) is 8.39. The summed E-state index contributed by atoms with van der Waals surface area (Å²) in [6, 6.07) is -0.206. The zero-order valence-electron chi connectivity index (χ0n) is 23.6. The summed E-state index contributed by atoms with van der Waals surface area (Å²) < 4.78 is 89.0. The van der Waals surface area contributed by atoms with E-state index in [0.29, 0.717) is 32.4 Å². The fraction of sp³-hybridized carbons (Fsp3) is 0.720. The summed E-state index contributed by atoms with van der Waals surface area (Å²) in [4.78, 5) is 11.7. The van der Waals surface area contributed by atoms with E-state index in [2.05, 4.69) is 54.1 Å². The van der Waals surface area contributed by atoms with Gasteiger partial charge in [-0.25, -0.2) is 32.1 Å². The Labute approximate surface area is 238 Å². The van der Waals surface area contributed by atoms with Gasteiger partial charge in [-0.1, -0.05) is 27.2 Å². The molecule has 0 radical (unpaired) electrons. The van der Waals surface area contributed by atoms with E-state index in [1.165, 1.54) is 4.31 Å². The summed E-state index contributed by atoms with van der Waals surface area (Å²) in [5, 5.41) is 3.26. The highest BCUT2D eigenvalue weighted by molar-refractivity contribution is 7.88. The zero-order chi connectivity index (χ0) is 29.7. The number of anilines is 1. The number of halogens is 4. The normalized spacial score (nSPS) is 22.1. The summed E-state index contributed by atoms with van der Waals surface area (Å²) in [6.45, 7) is 11.2. The number of sulfonamides is 1. The first kappa shape index (κ1) is 31.3. The third kappa shape index (κ3) is 6.85. The Hall–Kier alpha value is -1.68. The number of alkyl halides is 3. The number of rotatable bonds is 7. The minimum atomic E-state index is -4.80. The molecule has 1 N–H and O–H groups in total. The van der Waals surface area contributed by atoms with Gasteiger partial charge >= 0.3 is 6.18 Å². The molecule has 2 aromatic rings. The van der Waals surface area contributed by atoms with Crippen LogP contribution in [0.2, 0.25) is 18.1 Å². The zero-order valence-corrected chi connectivity index (χ0v) is 26.2. The highest BCUT2D eigenvalue weighted by Gasteiger charge is 2.45. The van der Waals surface area contributed by atoms with Gasteiger partial charge in [0.1, 0.15) is 5.69 Å². The molecule has 224 valence electrons. The third-order valence-corrected chi connectivity index (χ3v) is 15.2. The van der Waals surface area contributed by atoms with E-state index in [1.54, 1.807) is 0 Å². The van der Waals surface area contributed by atoms with Crippen LogP contribution >= 0.6 is 11.3 Å². The standard InChI is InChI=1S/C25H37F4N5O3S2Si/c1-24(2,3)40(5,6)37-18-9-7-8-16(18)22-33-21(25(27,28)29)20(38-22)19-17(26)14-30-23(32-19)31-15-10-12-34(13-11-15)39(4,35)36/h14-16,18H,7-13H2,1-6H3,(H,30,31,32). The van der Waals surface area contributed by atoms with Crippen LogP contribution < -0.4 is 5.32 Å². The van der Waals surface area contributed by atoms with Crippen LogP contribution in [0.4, 0.5) is 23.5 Å². The van der Waals surface area contributed by atoms with Crippen LogP contribution in [0.5, 0.6) is 0 Å². The lowest BCUT2D eigenvalue weighted by Crippen LogP contribution is -2.44. The second kappa shape index (κ2) is 11.2. The molecule has 8 nitrogen and oxygen atoms in total. The van der Waals surface area contributed by atoms with Crippen LogP contribution in [0, 0.1) is 5.82 Å². The Balaban J connectivity index is 1.62. The summed E-state index contributed by atoms with van der Waals surface area (Å²) in [5.74, 6) is -1.30. The maximum absolute atomic E-state index is 15.0. The Morgan fingerprint density at radius 1 is 1.10 bits per heavy atom. The van der Waals surface area contributed by atoms with E-state index in [4.69, 9.17) is 4.43 Å². The molecule has 1 aliphatic carbocycles. The molecule has 2 atom stereocenters. The quantitative estimate of drug-likeness (QED) is 0.288. The second-order valence-electron chi connectivity index (χ2n) is 12.2. The van der Waals surface area contributed by atoms with Crippen molar-refractivity contribution in [1.29, 1.82) is 0 Å². The Bertz CT molecular complexity index is 1320. The molecule has 0 amide bonds. The number of hydrogen-bond donors (Lipinski definition) is 1. The first-order chi connectivity index (χ1) is 18.4. The first-order valence-corrected chi connectivity index (χ1v) is 18.9. The Kier molecular flexibility index (Phi) is 8.75. The lowest BCUT2D eigenvalue weighted by atomic mass is 10.1. The van der Waals surface area contributed by atoms with E-state index < -0.39 is 41.7 Å². The average molecular weight is 624 g/mol. The van der Waals surface area contributed by atoms with Gasteiger partial charge in [0.05, 0.1) is 28.4 Å². The summed E-state index contributed by atoms with van der Waals surface area (Å²) in [6.07, 6.45) is 0.0655. The number of piperidine rings is 1. The van der Waals surface area contributed by atoms with E-state index in [0.717, 1.165) is 36.6 Å². The lowest BCUT2D eigenvalue weighted by Gasteiger charge is -2.39. The SMILES string of the molecule is CC(C)(C)[Si](C)(C)OC1CCCC1c1nc(C(F)(F)F)c(-c2nc(NC3CCN(S(C)(=O)=O)CC3)ncc2F)s1. The minimum Gasteiger partial charge on any atom is -0.413 e. The van der Waals surface area contributed by atoms with E-state index in [9.17, 15) is 26.0 Å². The van der Waals surface area contributed by atoms with Crippen LogP contribution in [-0.2, 0) is 20.6 Å². The number of aromatic nitrogens is 3. The van der Waals surface area contributed by atoms with Gasteiger partial charge in [-0.05, 0) is 43.8 Å². The highest BCUT2D eigenvalue weighted by atomic mass is 32.2. The van der Waals surface area contributed by atoms with Gasteiger partial charge in [0, 0.05) is 25.0 Å². The van der Waals surface area contributed by atoms with Gasteiger partial charge in [0.15, 0.2) is 19.8 Å². The molecule has 3 heterocycles. The molecule has 40 heavy (non-hydrogen) atoms. The molecule has 0 aromatic carbocycles. The van der Waals surface area contributed by atoms with Crippen molar-refractivity contribution in [3.8, 4) is 10.6 Å². The summed E-state index contributed by atoms with van der Waals surface area (Å²) in [7, 11) is -5.49. The Morgan fingerprint density at radius 2 is 1.75 bits per heavy atom. The van der Waals surface area contributed by atoms with Crippen LogP contribution in [0.3, 0.4) is 0 Å². The predicted molar refractivity (Wildman–Crippen MR) is 150 cm³/mol. The van der Waals surface area contributed by atoms with Crippen molar-refractivity contribution in [3.63, 3.8) is 0 Å². The van der Waals surface area contributed by atoms with E-state index in [-0.39, 0.29) is 38.9 Å². The van der Waals surface area contributed by atoms with Crippen molar-refractivity contribution in [3.05, 3.63) is 22.7 Å². The van der Waals surface area contributed by atoms with E-state index in [1.807, 2.05) is 0 Å². The van der Waals surface area contributed by atoms with Gasteiger partial charge in [0.25, 0.3) is 0 Å². The smallest absolute Gasteiger partial charge is 0.413 e. The van der Waals surface area contributed by atoms with Gasteiger partial charge in [-0.15, -0.1) is 11.3 Å². The maximum atomic E-state index is 15.0. The Morgan fingerprint density at radius 3 is 2.33 bits per heavy atom. The van der Waals surface area contributed by atoms with Crippen LogP contribution in [0.1, 0.15) is 69.5 Å². The van der Waals surface area contributed by atoms with Crippen LogP contribution in [0.25, 0.3) is 10.6 Å². The molecule has 2 aliphatic rings. The number of nitrogens with one attached hydrogen (secondary N) is 1. The number of thiazole rings is 1. The molecule has 4 rings (SSSR count). The van der Waals surface area contributed by atoms with Gasteiger partial charge in [0.2, 0.25) is 16.0 Å². The van der Waals surface area contributed by atoms with E-state index >= 15 is 0 Å². The maximum Gasteiger partial charge on any atom is 0.434 e. The van der Waals surface area contributed by atoms with Gasteiger partial charge in [-0.3, -0.25) is 0 Å². The monoisotopic (exact) mass is 623 g/mol. The molecule has 1 saturated carbocycles. The summed E-state index contributed by atoms with van der Waals surface area (Å²) >= 11 is 0.819. The molecule has 0 bridgehead atoms. The molecule has 15 heteroatoms. The van der Waals surface area contributed by atoms with Crippen molar-refractivity contribution in [1.82, 2.24) is 19.3 Å². The topological polar surface area (TPSA) is 97.3 Å². The average Bonchev–Trinajstić information content (AvgIpc) is 3.46. The molecule has 1 saturated heterocycles. The van der Waals surface area contributed by atoms with Crippen LogP contribution in [-0.4, -0.2) is 67.5 Å². The summed E-state index contributed by atoms with van der Waals surface area (Å²) in [5.41, 5.74) is -1.61. The molecular weight excluding hydrogens is 587 g/mol. The number of nitrogens with zero attached hydrogens (tertiary/aromatic N) is 4. The largest absolute Gasteiger partial charge is 0.434 e. The van der Waals surface area contributed by atoms with Crippen LogP contribution in [0.15, 0.2) is 6.20 Å². The van der Waals surface area contributed by atoms with Crippen molar-refractivity contribution in [2.45, 2.75) is 95.2 Å². The van der Waals surface area contributed by atoms with Gasteiger partial charge in [-0.2, -0.15) is 13.2 Å².